The fourth-order valence-corrected chi connectivity index (χ4v) is 3.39. The van der Waals surface area contributed by atoms with Crippen LogP contribution < -0.4 is 10.9 Å². The Kier molecular flexibility index (Phi) is 4.57. The van der Waals surface area contributed by atoms with Gasteiger partial charge in [0.2, 0.25) is 0 Å². The number of amidine groups is 1. The highest BCUT2D eigenvalue weighted by molar-refractivity contribution is 7.90. The smallest absolute Gasteiger partial charge is 0.285 e. The first-order valence-corrected chi connectivity index (χ1v) is 8.46. The monoisotopic (exact) mass is 340 g/mol. The Morgan fingerprint density at radius 1 is 1.39 bits per heavy atom. The third kappa shape index (κ3) is 3.50. The van der Waals surface area contributed by atoms with Gasteiger partial charge in [-0.2, -0.15) is 8.42 Å². The van der Waals surface area contributed by atoms with Crippen molar-refractivity contribution in [3.63, 3.8) is 0 Å². The van der Waals surface area contributed by atoms with E-state index in [2.05, 4.69) is 15.3 Å². The van der Waals surface area contributed by atoms with E-state index >= 15 is 0 Å². The number of nitrogens with one attached hydrogen (secondary N) is 2. The molecule has 2 N–H and O–H groups in total. The van der Waals surface area contributed by atoms with Crippen LogP contribution in [0.4, 0.5) is 0 Å². The highest BCUT2D eigenvalue weighted by Gasteiger charge is 2.28. The lowest BCUT2D eigenvalue weighted by Gasteiger charge is -2.20. The molecule has 0 aromatic heterocycles. The summed E-state index contributed by atoms with van der Waals surface area (Å²) in [5.41, 5.74) is 5.77. The van der Waals surface area contributed by atoms with Gasteiger partial charge in [-0.3, -0.25) is 14.6 Å². The van der Waals surface area contributed by atoms with E-state index in [1.807, 2.05) is 0 Å². The molecule has 124 valence electrons. The maximum Gasteiger partial charge on any atom is 0.285 e. The Labute approximate surface area is 133 Å². The van der Waals surface area contributed by atoms with Crippen molar-refractivity contribution in [1.82, 2.24) is 15.9 Å². The predicted molar refractivity (Wildman–Crippen MR) is 79.8 cm³/mol. The van der Waals surface area contributed by atoms with Gasteiger partial charge in [0.25, 0.3) is 15.9 Å². The quantitative estimate of drug-likeness (QED) is 0.681. The van der Waals surface area contributed by atoms with Gasteiger partial charge < -0.3 is 4.74 Å². The third-order valence-electron chi connectivity index (χ3n) is 3.31. The molecule has 0 radical (unpaired) electrons. The molecule has 2 heterocycles. The van der Waals surface area contributed by atoms with E-state index < -0.39 is 10.0 Å². The predicted octanol–water partition coefficient (Wildman–Crippen LogP) is -0.980. The van der Waals surface area contributed by atoms with Crippen LogP contribution in [0.1, 0.15) is 5.56 Å². The molecule has 2 aliphatic heterocycles. The zero-order chi connectivity index (χ0) is 16.3. The van der Waals surface area contributed by atoms with Gasteiger partial charge in [0.05, 0.1) is 19.8 Å². The van der Waals surface area contributed by atoms with Crippen LogP contribution in [-0.4, -0.2) is 58.1 Å². The molecule has 1 aromatic rings. The summed E-state index contributed by atoms with van der Waals surface area (Å²) < 4.78 is 32.6. The Morgan fingerprint density at radius 3 is 3.09 bits per heavy atom. The zero-order valence-electron chi connectivity index (χ0n) is 12.2. The van der Waals surface area contributed by atoms with E-state index in [1.165, 1.54) is 11.1 Å². The maximum absolute atomic E-state index is 12.0. The first-order chi connectivity index (χ1) is 11.1. The van der Waals surface area contributed by atoms with E-state index in [0.717, 1.165) is 0 Å². The second kappa shape index (κ2) is 6.62. The maximum atomic E-state index is 12.0. The minimum Gasteiger partial charge on any atom is -0.378 e. The van der Waals surface area contributed by atoms with Crippen LogP contribution >= 0.6 is 0 Å². The lowest BCUT2D eigenvalue weighted by atomic mass is 10.2. The van der Waals surface area contributed by atoms with Gasteiger partial charge in [-0.25, -0.2) is 10.9 Å². The largest absolute Gasteiger partial charge is 0.378 e. The van der Waals surface area contributed by atoms with Gasteiger partial charge in [-0.1, -0.05) is 12.1 Å². The molecule has 9 nitrogen and oxygen atoms in total. The van der Waals surface area contributed by atoms with Crippen molar-refractivity contribution in [2.45, 2.75) is 4.90 Å². The van der Waals surface area contributed by atoms with Crippen molar-refractivity contribution in [2.75, 3.05) is 32.9 Å². The standard InChI is InChI=1S/C13H16N4O5S/c18-12(17-6-8-21-7-5-14-17)9-22-15-13-10-3-1-2-4-11(10)23(19,20)16-13/h1-4,14H,5-9H2,(H,15,16). The van der Waals surface area contributed by atoms with Crippen molar-refractivity contribution in [1.29, 1.82) is 0 Å². The summed E-state index contributed by atoms with van der Waals surface area (Å²) in [6, 6.07) is 6.40. The lowest BCUT2D eigenvalue weighted by molar-refractivity contribution is -0.140. The summed E-state index contributed by atoms with van der Waals surface area (Å²) in [5.74, 6) is -0.224. The topological polar surface area (TPSA) is 109 Å². The normalized spacial score (nSPS) is 19.7. The Hall–Kier alpha value is -2.01. The van der Waals surface area contributed by atoms with Crippen molar-refractivity contribution in [2.24, 2.45) is 4.40 Å². The number of benzene rings is 1. The number of nitrogens with zero attached hydrogens (tertiary/aromatic N) is 2. The number of amides is 1. The molecule has 3 rings (SSSR count). The molecule has 10 heteroatoms. The van der Waals surface area contributed by atoms with Crippen LogP contribution in [0.25, 0.3) is 0 Å². The number of carbonyl (C=O) groups excluding carboxylic acids is 1. The summed E-state index contributed by atoms with van der Waals surface area (Å²) in [5, 5.41) is 1.41. The number of hydrogen-bond acceptors (Lipinski definition) is 7. The Morgan fingerprint density at radius 2 is 2.22 bits per heavy atom. The van der Waals surface area contributed by atoms with E-state index in [1.54, 1.807) is 18.2 Å². The van der Waals surface area contributed by atoms with Crippen LogP contribution in [0.5, 0.6) is 0 Å². The summed E-state index contributed by atoms with van der Waals surface area (Å²) in [4.78, 5) is 17.2. The Bertz CT molecular complexity index is 726. The molecule has 0 spiro atoms. The van der Waals surface area contributed by atoms with Crippen molar-refractivity contribution < 1.29 is 22.8 Å². The zero-order valence-corrected chi connectivity index (χ0v) is 13.0. The summed E-state index contributed by atoms with van der Waals surface area (Å²) in [7, 11) is -3.71. The molecular weight excluding hydrogens is 324 g/mol. The number of hydrogen-bond donors (Lipinski definition) is 2. The molecule has 0 saturated carbocycles. The van der Waals surface area contributed by atoms with Crippen LogP contribution in [0.3, 0.4) is 0 Å². The van der Waals surface area contributed by atoms with Gasteiger partial charge in [-0.05, 0) is 12.1 Å². The molecule has 23 heavy (non-hydrogen) atoms. The number of fused-ring (bicyclic) bond motifs is 1. The molecule has 0 unspecified atom stereocenters. The number of sulfonamides is 1. The highest BCUT2D eigenvalue weighted by Crippen LogP contribution is 2.24. The van der Waals surface area contributed by atoms with Gasteiger partial charge in [0.15, 0.2) is 12.4 Å². The number of hydroxylamine groups is 1. The van der Waals surface area contributed by atoms with Crippen LogP contribution in [0.2, 0.25) is 0 Å². The van der Waals surface area contributed by atoms with E-state index in [0.29, 0.717) is 31.9 Å². The summed E-state index contributed by atoms with van der Waals surface area (Å²) in [6.45, 7) is 1.67. The van der Waals surface area contributed by atoms with E-state index in [-0.39, 0.29) is 23.2 Å². The van der Waals surface area contributed by atoms with Crippen LogP contribution in [-0.2, 0) is 24.4 Å². The van der Waals surface area contributed by atoms with Crippen molar-refractivity contribution >= 4 is 21.8 Å². The first kappa shape index (κ1) is 15.9. The average Bonchev–Trinajstić information content (AvgIpc) is 2.74. The molecule has 2 aliphatic rings. The number of hydrazine groups is 1. The highest BCUT2D eigenvalue weighted by atomic mass is 32.2. The van der Waals surface area contributed by atoms with Gasteiger partial charge >= 0.3 is 0 Å². The summed E-state index contributed by atoms with van der Waals surface area (Å²) in [6.07, 6.45) is 0. The average molecular weight is 340 g/mol. The lowest BCUT2D eigenvalue weighted by Crippen LogP contribution is -2.46. The van der Waals surface area contributed by atoms with Crippen molar-refractivity contribution in [3.8, 4) is 0 Å². The van der Waals surface area contributed by atoms with Gasteiger partial charge in [0.1, 0.15) is 4.90 Å². The summed E-state index contributed by atoms with van der Waals surface area (Å²) >= 11 is 0. The van der Waals surface area contributed by atoms with Gasteiger partial charge in [0, 0.05) is 12.1 Å². The SMILES string of the molecule is O=C(CONC1=NS(=O)(=O)c2ccccc21)N1CCOCCN1. The second-order valence-corrected chi connectivity index (χ2v) is 6.44. The minimum absolute atomic E-state index is 0.0700. The number of rotatable bonds is 3. The molecule has 0 bridgehead atoms. The number of ether oxygens (including phenoxy) is 1. The van der Waals surface area contributed by atoms with Gasteiger partial charge in [-0.15, -0.1) is 4.40 Å². The molecule has 1 saturated heterocycles. The van der Waals surface area contributed by atoms with Crippen LogP contribution in [0.15, 0.2) is 33.6 Å². The Balaban J connectivity index is 1.58. The second-order valence-electron chi connectivity index (χ2n) is 4.87. The first-order valence-electron chi connectivity index (χ1n) is 7.02. The van der Waals surface area contributed by atoms with Crippen LogP contribution in [0, 0.1) is 0 Å². The van der Waals surface area contributed by atoms with Crippen molar-refractivity contribution in [3.05, 3.63) is 29.8 Å². The molecule has 0 atom stereocenters. The number of carbonyl (C=O) groups is 1. The minimum atomic E-state index is -3.71. The fraction of sp³-hybridized carbons (Fsp3) is 0.385. The fourth-order valence-electron chi connectivity index (χ4n) is 2.23. The van der Waals surface area contributed by atoms with E-state index in [9.17, 15) is 13.2 Å². The molecule has 1 amide bonds. The molecule has 1 aromatic carbocycles. The molecular formula is C13H16N4O5S. The van der Waals surface area contributed by atoms with E-state index in [4.69, 9.17) is 9.57 Å². The molecule has 0 aliphatic carbocycles. The third-order valence-corrected chi connectivity index (χ3v) is 4.64. The molecule has 1 fully saturated rings.